The van der Waals surface area contributed by atoms with E-state index in [1.165, 1.54) is 13.2 Å². The van der Waals surface area contributed by atoms with Crippen molar-refractivity contribution in [3.8, 4) is 17.2 Å². The molecule has 2 aliphatic rings. The minimum atomic E-state index is -0.550. The Morgan fingerprint density at radius 3 is 2.76 bits per heavy atom. The van der Waals surface area contributed by atoms with Crippen LogP contribution in [0.15, 0.2) is 6.07 Å². The third-order valence-corrected chi connectivity index (χ3v) is 3.52. The molecule has 1 aliphatic carbocycles. The molecule has 17 heavy (non-hydrogen) atoms. The van der Waals surface area contributed by atoms with E-state index in [0.717, 1.165) is 19.3 Å². The number of benzene rings is 1. The van der Waals surface area contributed by atoms with Gasteiger partial charge in [-0.25, -0.2) is 4.39 Å². The zero-order valence-electron chi connectivity index (χ0n) is 9.59. The molecule has 1 fully saturated rings. The molecular formula is C12H14FNO3. The topological polar surface area (TPSA) is 53.7 Å². The Labute approximate surface area is 98.5 Å². The highest BCUT2D eigenvalue weighted by Crippen LogP contribution is 2.52. The quantitative estimate of drug-likeness (QED) is 0.856. The van der Waals surface area contributed by atoms with Crippen LogP contribution in [0.3, 0.4) is 0 Å². The molecule has 1 aliphatic heterocycles. The molecule has 2 N–H and O–H groups in total. The lowest BCUT2D eigenvalue weighted by atomic mass is 9.72. The van der Waals surface area contributed by atoms with E-state index in [-0.39, 0.29) is 12.5 Å². The lowest BCUT2D eigenvalue weighted by molar-refractivity contribution is 0.167. The van der Waals surface area contributed by atoms with Crippen molar-refractivity contribution in [1.29, 1.82) is 0 Å². The number of fused-ring (bicyclic) bond motifs is 1. The molecule has 1 aromatic rings. The summed E-state index contributed by atoms with van der Waals surface area (Å²) in [5.41, 5.74) is 6.32. The summed E-state index contributed by atoms with van der Waals surface area (Å²) in [5.74, 6) is 0.667. The third-order valence-electron chi connectivity index (χ3n) is 3.52. The SMILES string of the molecule is COc1c(F)cc2c(c1C1(N)CCC1)OCO2. The maximum atomic E-state index is 13.9. The lowest BCUT2D eigenvalue weighted by Crippen LogP contribution is -2.43. The van der Waals surface area contributed by atoms with E-state index < -0.39 is 11.4 Å². The summed E-state index contributed by atoms with van der Waals surface area (Å²) >= 11 is 0. The minimum absolute atomic E-state index is 0.102. The van der Waals surface area contributed by atoms with E-state index in [1.807, 2.05) is 0 Å². The first kappa shape index (κ1) is 10.7. The molecule has 0 unspecified atom stereocenters. The first-order valence-electron chi connectivity index (χ1n) is 5.61. The van der Waals surface area contributed by atoms with Crippen LogP contribution in [0.2, 0.25) is 0 Å². The molecule has 0 radical (unpaired) electrons. The Hall–Kier alpha value is -1.49. The van der Waals surface area contributed by atoms with E-state index in [1.54, 1.807) is 0 Å². The van der Waals surface area contributed by atoms with Crippen molar-refractivity contribution in [3.63, 3.8) is 0 Å². The van der Waals surface area contributed by atoms with Crippen molar-refractivity contribution in [1.82, 2.24) is 0 Å². The number of hydrogen-bond donors (Lipinski definition) is 1. The van der Waals surface area contributed by atoms with Crippen LogP contribution in [-0.2, 0) is 5.54 Å². The third kappa shape index (κ3) is 1.38. The van der Waals surface area contributed by atoms with Crippen LogP contribution in [0, 0.1) is 5.82 Å². The maximum Gasteiger partial charge on any atom is 0.231 e. The van der Waals surface area contributed by atoms with E-state index in [4.69, 9.17) is 19.9 Å². The summed E-state index contributed by atoms with van der Waals surface area (Å²) in [4.78, 5) is 0. The van der Waals surface area contributed by atoms with Crippen molar-refractivity contribution in [3.05, 3.63) is 17.4 Å². The van der Waals surface area contributed by atoms with Crippen LogP contribution < -0.4 is 19.9 Å². The van der Waals surface area contributed by atoms with E-state index in [0.29, 0.717) is 17.1 Å². The number of nitrogens with two attached hydrogens (primary N) is 1. The first-order valence-corrected chi connectivity index (χ1v) is 5.61. The van der Waals surface area contributed by atoms with Crippen molar-refractivity contribution < 1.29 is 18.6 Å². The normalized spacial score (nSPS) is 19.9. The summed E-state index contributed by atoms with van der Waals surface area (Å²) in [6.07, 6.45) is 2.65. The summed E-state index contributed by atoms with van der Waals surface area (Å²) < 4.78 is 29.6. The summed E-state index contributed by atoms with van der Waals surface area (Å²) in [5, 5.41) is 0. The zero-order valence-corrected chi connectivity index (χ0v) is 9.59. The molecule has 1 heterocycles. The van der Waals surface area contributed by atoms with E-state index in [2.05, 4.69) is 0 Å². The van der Waals surface area contributed by atoms with Crippen molar-refractivity contribution in [2.75, 3.05) is 13.9 Å². The van der Waals surface area contributed by atoms with Crippen LogP contribution in [-0.4, -0.2) is 13.9 Å². The van der Waals surface area contributed by atoms with Gasteiger partial charge in [-0.3, -0.25) is 0 Å². The molecule has 0 aromatic heterocycles. The van der Waals surface area contributed by atoms with Gasteiger partial charge in [-0.05, 0) is 19.3 Å². The Kier molecular flexibility index (Phi) is 2.19. The second kappa shape index (κ2) is 3.50. The van der Waals surface area contributed by atoms with Gasteiger partial charge in [-0.2, -0.15) is 0 Å². The largest absolute Gasteiger partial charge is 0.493 e. The fourth-order valence-electron chi connectivity index (χ4n) is 2.45. The summed E-state index contributed by atoms with van der Waals surface area (Å²) in [7, 11) is 1.44. The standard InChI is InChI=1S/C12H14FNO3/c1-15-10-7(13)5-8-11(17-6-16-8)9(10)12(14)3-2-4-12/h5H,2-4,6,14H2,1H3. The molecular weight excluding hydrogens is 225 g/mol. The fraction of sp³-hybridized carbons (Fsp3) is 0.500. The Morgan fingerprint density at radius 2 is 2.18 bits per heavy atom. The molecule has 4 nitrogen and oxygen atoms in total. The Bertz CT molecular complexity index is 468. The molecule has 92 valence electrons. The van der Waals surface area contributed by atoms with Gasteiger partial charge in [-0.1, -0.05) is 0 Å². The summed E-state index contributed by atoms with van der Waals surface area (Å²) in [6.45, 7) is 0.102. The monoisotopic (exact) mass is 239 g/mol. The van der Waals surface area contributed by atoms with Crippen molar-refractivity contribution in [2.45, 2.75) is 24.8 Å². The van der Waals surface area contributed by atoms with Gasteiger partial charge < -0.3 is 19.9 Å². The number of halogens is 1. The summed E-state index contributed by atoms with van der Waals surface area (Å²) in [6, 6.07) is 1.28. The predicted octanol–water partition coefficient (Wildman–Crippen LogP) is 1.90. The number of ether oxygens (including phenoxy) is 3. The van der Waals surface area contributed by atoms with Crippen LogP contribution >= 0.6 is 0 Å². The average molecular weight is 239 g/mol. The van der Waals surface area contributed by atoms with E-state index >= 15 is 0 Å². The molecule has 0 bridgehead atoms. The van der Waals surface area contributed by atoms with Crippen LogP contribution in [0.5, 0.6) is 17.2 Å². The second-order valence-corrected chi connectivity index (χ2v) is 4.51. The van der Waals surface area contributed by atoms with Crippen molar-refractivity contribution in [2.24, 2.45) is 5.73 Å². The predicted molar refractivity (Wildman–Crippen MR) is 58.8 cm³/mol. The van der Waals surface area contributed by atoms with Crippen LogP contribution in [0.25, 0.3) is 0 Å². The number of methoxy groups -OCH3 is 1. The van der Waals surface area contributed by atoms with E-state index in [9.17, 15) is 4.39 Å². The molecule has 1 saturated carbocycles. The maximum absolute atomic E-state index is 13.9. The van der Waals surface area contributed by atoms with Gasteiger partial charge in [0.1, 0.15) is 0 Å². The second-order valence-electron chi connectivity index (χ2n) is 4.51. The minimum Gasteiger partial charge on any atom is -0.493 e. The smallest absolute Gasteiger partial charge is 0.231 e. The number of rotatable bonds is 2. The van der Waals surface area contributed by atoms with Gasteiger partial charge in [0.15, 0.2) is 23.1 Å². The Morgan fingerprint density at radius 1 is 1.41 bits per heavy atom. The molecule has 3 rings (SSSR count). The zero-order chi connectivity index (χ0) is 12.0. The molecule has 0 atom stereocenters. The Balaban J connectivity index is 2.23. The lowest BCUT2D eigenvalue weighted by Gasteiger charge is -2.39. The molecule has 1 aromatic carbocycles. The highest BCUT2D eigenvalue weighted by atomic mass is 19.1. The molecule has 5 heteroatoms. The molecule has 0 spiro atoms. The van der Waals surface area contributed by atoms with Gasteiger partial charge >= 0.3 is 0 Å². The van der Waals surface area contributed by atoms with Crippen LogP contribution in [0.1, 0.15) is 24.8 Å². The molecule has 0 saturated heterocycles. The van der Waals surface area contributed by atoms with Crippen LogP contribution in [0.4, 0.5) is 4.39 Å². The van der Waals surface area contributed by atoms with Gasteiger partial charge in [0.05, 0.1) is 12.7 Å². The highest BCUT2D eigenvalue weighted by Gasteiger charge is 2.42. The first-order chi connectivity index (χ1) is 8.15. The fourth-order valence-corrected chi connectivity index (χ4v) is 2.45. The van der Waals surface area contributed by atoms with Crippen molar-refractivity contribution >= 4 is 0 Å². The van der Waals surface area contributed by atoms with Gasteiger partial charge in [0, 0.05) is 11.6 Å². The number of hydrogen-bond acceptors (Lipinski definition) is 4. The average Bonchev–Trinajstić information content (AvgIpc) is 2.71. The van der Waals surface area contributed by atoms with Gasteiger partial charge in [0.2, 0.25) is 6.79 Å². The highest BCUT2D eigenvalue weighted by molar-refractivity contribution is 5.59. The van der Waals surface area contributed by atoms with Gasteiger partial charge in [-0.15, -0.1) is 0 Å². The van der Waals surface area contributed by atoms with Gasteiger partial charge in [0.25, 0.3) is 0 Å². The molecule has 0 amide bonds.